The molecule has 0 radical (unpaired) electrons. The maximum atomic E-state index is 14.5. The van der Waals surface area contributed by atoms with E-state index in [0.717, 1.165) is 0 Å². The van der Waals surface area contributed by atoms with Gasteiger partial charge in [0.05, 0.1) is 22.8 Å². The first-order valence-electron chi connectivity index (χ1n) is 9.02. The lowest BCUT2D eigenvalue weighted by atomic mass is 10.1. The van der Waals surface area contributed by atoms with Gasteiger partial charge in [-0.1, -0.05) is 18.2 Å². The monoisotopic (exact) mass is 398 g/mol. The van der Waals surface area contributed by atoms with E-state index in [1.807, 2.05) is 6.07 Å². The highest BCUT2D eigenvalue weighted by atomic mass is 19.1. The number of para-hydroxylation sites is 1. The van der Waals surface area contributed by atoms with Crippen LogP contribution in [0.15, 0.2) is 79.0 Å². The number of nitrogens with one attached hydrogen (secondary N) is 2. The number of nitrogens with zero attached hydrogens (tertiary/aromatic N) is 2. The van der Waals surface area contributed by atoms with Gasteiger partial charge >= 0.3 is 6.03 Å². The van der Waals surface area contributed by atoms with E-state index in [4.69, 9.17) is 10.00 Å². The normalized spacial score (nSPS) is 10.3. The molecule has 0 spiro atoms. The number of ether oxygens (including phenoxy) is 1. The fourth-order valence-electron chi connectivity index (χ4n) is 2.87. The van der Waals surface area contributed by atoms with Gasteiger partial charge < -0.3 is 15.4 Å². The van der Waals surface area contributed by atoms with Crippen molar-refractivity contribution in [2.75, 3.05) is 10.6 Å². The number of carbonyl (C=O) groups is 1. The number of hydrogen-bond donors (Lipinski definition) is 2. The van der Waals surface area contributed by atoms with Crippen LogP contribution in [0.4, 0.5) is 20.6 Å². The first kappa shape index (κ1) is 18.9. The molecule has 0 aliphatic carbocycles. The lowest BCUT2D eigenvalue weighted by molar-refractivity contribution is 0.262. The van der Waals surface area contributed by atoms with E-state index in [9.17, 15) is 9.18 Å². The first-order valence-corrected chi connectivity index (χ1v) is 9.02. The molecule has 4 rings (SSSR count). The van der Waals surface area contributed by atoms with E-state index in [2.05, 4.69) is 21.7 Å². The Kier molecular flexibility index (Phi) is 5.22. The van der Waals surface area contributed by atoms with Crippen molar-refractivity contribution in [3.63, 3.8) is 0 Å². The summed E-state index contributed by atoms with van der Waals surface area (Å²) in [5.41, 5.74) is 1.73. The second-order valence-corrected chi connectivity index (χ2v) is 6.34. The van der Waals surface area contributed by atoms with Gasteiger partial charge in [0, 0.05) is 23.3 Å². The third-order valence-corrected chi connectivity index (χ3v) is 4.28. The summed E-state index contributed by atoms with van der Waals surface area (Å²) in [6.07, 6.45) is 1.57. The van der Waals surface area contributed by atoms with Crippen molar-refractivity contribution in [1.29, 1.82) is 5.26 Å². The Bertz CT molecular complexity index is 1270. The predicted octanol–water partition coefficient (Wildman–Crippen LogP) is 5.68. The predicted molar refractivity (Wildman–Crippen MR) is 112 cm³/mol. The van der Waals surface area contributed by atoms with Gasteiger partial charge in [0.1, 0.15) is 17.3 Å². The van der Waals surface area contributed by atoms with Crippen LogP contribution in [0.5, 0.6) is 11.5 Å². The van der Waals surface area contributed by atoms with Crippen LogP contribution in [0.2, 0.25) is 0 Å². The smallest absolute Gasteiger partial charge is 0.323 e. The summed E-state index contributed by atoms with van der Waals surface area (Å²) in [6, 6.07) is 21.2. The van der Waals surface area contributed by atoms with Crippen LogP contribution < -0.4 is 15.4 Å². The van der Waals surface area contributed by atoms with Crippen LogP contribution in [-0.4, -0.2) is 11.0 Å². The van der Waals surface area contributed by atoms with Gasteiger partial charge in [-0.2, -0.15) is 5.26 Å². The van der Waals surface area contributed by atoms with Gasteiger partial charge in [-0.3, -0.25) is 4.98 Å². The first-order chi connectivity index (χ1) is 14.6. The van der Waals surface area contributed by atoms with Gasteiger partial charge in [-0.25, -0.2) is 9.18 Å². The number of nitriles is 1. The molecule has 0 atom stereocenters. The summed E-state index contributed by atoms with van der Waals surface area (Å²) in [5, 5.41) is 14.8. The van der Waals surface area contributed by atoms with E-state index < -0.39 is 11.8 Å². The molecule has 2 N–H and O–H groups in total. The number of urea groups is 1. The van der Waals surface area contributed by atoms with Gasteiger partial charge in [0.15, 0.2) is 0 Å². The van der Waals surface area contributed by atoms with Crippen LogP contribution >= 0.6 is 0 Å². The second-order valence-electron chi connectivity index (χ2n) is 6.34. The molecular formula is C23H15FN4O2. The zero-order valence-corrected chi connectivity index (χ0v) is 15.6. The van der Waals surface area contributed by atoms with Crippen LogP contribution in [-0.2, 0) is 0 Å². The standard InChI is InChI=1S/C23H15FN4O2/c24-19-13-17(7-9-21(19)28-23(29)27-16-4-2-1-3-5-16)30-22-10-11-26-20-8-6-15(14-25)12-18(20)22/h1-13H,(H2,27,28,29). The molecule has 1 heterocycles. The zero-order valence-electron chi connectivity index (χ0n) is 15.6. The molecule has 0 fully saturated rings. The topological polar surface area (TPSA) is 87.0 Å². The minimum atomic E-state index is -0.646. The highest BCUT2D eigenvalue weighted by molar-refractivity contribution is 5.99. The maximum Gasteiger partial charge on any atom is 0.323 e. The number of halogens is 1. The molecule has 0 bridgehead atoms. The Morgan fingerprint density at radius 2 is 1.83 bits per heavy atom. The molecule has 7 heteroatoms. The highest BCUT2D eigenvalue weighted by Gasteiger charge is 2.11. The fourth-order valence-corrected chi connectivity index (χ4v) is 2.87. The lowest BCUT2D eigenvalue weighted by Gasteiger charge is -2.11. The largest absolute Gasteiger partial charge is 0.456 e. The molecule has 0 aliphatic rings. The van der Waals surface area contributed by atoms with Gasteiger partial charge in [-0.05, 0) is 48.5 Å². The van der Waals surface area contributed by atoms with E-state index >= 15 is 0 Å². The lowest BCUT2D eigenvalue weighted by Crippen LogP contribution is -2.20. The van der Waals surface area contributed by atoms with Crippen LogP contribution in [0, 0.1) is 17.1 Å². The molecule has 6 nitrogen and oxygen atoms in total. The summed E-state index contributed by atoms with van der Waals surface area (Å²) in [4.78, 5) is 16.3. The van der Waals surface area contributed by atoms with E-state index in [0.29, 0.717) is 27.9 Å². The van der Waals surface area contributed by atoms with Crippen molar-refractivity contribution < 1.29 is 13.9 Å². The summed E-state index contributed by atoms with van der Waals surface area (Å²) >= 11 is 0. The van der Waals surface area contributed by atoms with Crippen molar-refractivity contribution in [3.8, 4) is 17.6 Å². The molecule has 0 aliphatic heterocycles. The van der Waals surface area contributed by atoms with E-state index in [-0.39, 0.29) is 11.4 Å². The van der Waals surface area contributed by atoms with Crippen molar-refractivity contribution >= 4 is 28.3 Å². The van der Waals surface area contributed by atoms with Crippen LogP contribution in [0.25, 0.3) is 10.9 Å². The Hall–Kier alpha value is -4.44. The molecule has 146 valence electrons. The highest BCUT2D eigenvalue weighted by Crippen LogP contribution is 2.31. The molecule has 0 saturated heterocycles. The third-order valence-electron chi connectivity index (χ3n) is 4.28. The number of carbonyl (C=O) groups excluding carboxylic acids is 1. The maximum absolute atomic E-state index is 14.5. The Morgan fingerprint density at radius 1 is 1.00 bits per heavy atom. The number of pyridine rings is 1. The number of fused-ring (bicyclic) bond motifs is 1. The minimum Gasteiger partial charge on any atom is -0.456 e. The van der Waals surface area contributed by atoms with Crippen molar-refractivity contribution in [1.82, 2.24) is 4.98 Å². The zero-order chi connectivity index (χ0) is 20.9. The van der Waals surface area contributed by atoms with Gasteiger partial charge in [0.2, 0.25) is 0 Å². The van der Waals surface area contributed by atoms with Crippen molar-refractivity contribution in [3.05, 3.63) is 90.4 Å². The number of amides is 2. The Morgan fingerprint density at radius 3 is 2.60 bits per heavy atom. The average Bonchev–Trinajstić information content (AvgIpc) is 2.76. The van der Waals surface area contributed by atoms with Gasteiger partial charge in [-0.15, -0.1) is 0 Å². The van der Waals surface area contributed by atoms with Gasteiger partial charge in [0.25, 0.3) is 0 Å². The van der Waals surface area contributed by atoms with Crippen molar-refractivity contribution in [2.24, 2.45) is 0 Å². The Labute approximate surface area is 171 Å². The molecule has 4 aromatic rings. The molecular weight excluding hydrogens is 383 g/mol. The third kappa shape index (κ3) is 4.18. The summed E-state index contributed by atoms with van der Waals surface area (Å²) < 4.78 is 20.3. The number of rotatable bonds is 4. The summed E-state index contributed by atoms with van der Waals surface area (Å²) in [6.45, 7) is 0. The van der Waals surface area contributed by atoms with Crippen molar-refractivity contribution in [2.45, 2.75) is 0 Å². The quantitative estimate of drug-likeness (QED) is 0.463. The van der Waals surface area contributed by atoms with Crippen LogP contribution in [0.1, 0.15) is 5.56 Å². The molecule has 3 aromatic carbocycles. The molecule has 1 aromatic heterocycles. The molecule has 0 saturated carbocycles. The number of anilines is 2. The summed E-state index contributed by atoms with van der Waals surface area (Å²) in [7, 11) is 0. The fraction of sp³-hybridized carbons (Fsp3) is 0. The van der Waals surface area contributed by atoms with E-state index in [1.54, 1.807) is 60.8 Å². The SMILES string of the molecule is N#Cc1ccc2nccc(Oc3ccc(NC(=O)Nc4ccccc4)c(F)c3)c2c1. The Balaban J connectivity index is 1.52. The molecule has 30 heavy (non-hydrogen) atoms. The second kappa shape index (κ2) is 8.29. The molecule has 0 unspecified atom stereocenters. The average molecular weight is 398 g/mol. The van der Waals surface area contributed by atoms with Crippen LogP contribution in [0.3, 0.4) is 0 Å². The number of benzene rings is 3. The summed E-state index contributed by atoms with van der Waals surface area (Å²) in [5.74, 6) is 0.0437. The molecule has 2 amide bonds. The van der Waals surface area contributed by atoms with E-state index in [1.165, 1.54) is 12.1 Å². The number of hydrogen-bond acceptors (Lipinski definition) is 4. The minimum absolute atomic E-state index is 0.0159. The number of aromatic nitrogens is 1.